The third kappa shape index (κ3) is 2.59. The van der Waals surface area contributed by atoms with E-state index in [2.05, 4.69) is 21.6 Å². The van der Waals surface area contributed by atoms with Crippen molar-refractivity contribution in [3.63, 3.8) is 0 Å². The molecule has 1 heterocycles. The molecule has 0 aliphatic heterocycles. The van der Waals surface area contributed by atoms with Crippen molar-refractivity contribution >= 4 is 17.9 Å². The van der Waals surface area contributed by atoms with Crippen LogP contribution < -0.4 is 5.32 Å². The van der Waals surface area contributed by atoms with E-state index in [-0.39, 0.29) is 0 Å². The smallest absolute Gasteiger partial charge is 0.411 e. The molecule has 0 aliphatic rings. The van der Waals surface area contributed by atoms with Gasteiger partial charge in [-0.05, 0) is 18.2 Å². The summed E-state index contributed by atoms with van der Waals surface area (Å²) in [6.07, 6.45) is 2.66. The lowest BCUT2D eigenvalue weighted by Crippen LogP contribution is -2.10. The Balaban J connectivity index is 2.69. The van der Waals surface area contributed by atoms with Gasteiger partial charge in [0.1, 0.15) is 0 Å². The first-order valence-electron chi connectivity index (χ1n) is 3.69. The number of methoxy groups -OCH3 is 1. The van der Waals surface area contributed by atoms with Crippen molar-refractivity contribution in [2.24, 2.45) is 0 Å². The van der Waals surface area contributed by atoms with Crippen molar-refractivity contribution < 1.29 is 9.53 Å². The number of carbonyl (C=O) groups excluding carboxylic acids is 1. The molecule has 1 aromatic heterocycles. The van der Waals surface area contributed by atoms with Crippen LogP contribution in [0.2, 0.25) is 0 Å². The maximum Gasteiger partial charge on any atom is 0.411 e. The summed E-state index contributed by atoms with van der Waals surface area (Å²) in [7, 11) is 1.31. The Morgan fingerprint density at radius 2 is 2.46 bits per heavy atom. The predicted molar refractivity (Wildman–Crippen MR) is 50.4 cm³/mol. The van der Waals surface area contributed by atoms with Gasteiger partial charge in [0.2, 0.25) is 0 Å². The van der Waals surface area contributed by atoms with Gasteiger partial charge in [0.15, 0.2) is 0 Å². The molecule has 0 aliphatic carbocycles. The zero-order valence-corrected chi connectivity index (χ0v) is 7.28. The zero-order valence-electron chi connectivity index (χ0n) is 7.28. The minimum absolute atomic E-state index is 0.506. The molecule has 0 fully saturated rings. The number of ether oxygens (including phenoxy) is 1. The SMILES string of the molecule is C=Cc1ccc(NC(=O)OC)cn1. The molecule has 1 amide bonds. The molecule has 0 atom stereocenters. The molecule has 4 heteroatoms. The van der Waals surface area contributed by atoms with E-state index in [1.54, 1.807) is 18.2 Å². The summed E-state index contributed by atoms with van der Waals surface area (Å²) in [5.74, 6) is 0. The van der Waals surface area contributed by atoms with Crippen LogP contribution in [0.5, 0.6) is 0 Å². The third-order valence-electron chi connectivity index (χ3n) is 1.43. The number of anilines is 1. The summed E-state index contributed by atoms with van der Waals surface area (Å²) >= 11 is 0. The summed E-state index contributed by atoms with van der Waals surface area (Å²) in [4.78, 5) is 14.8. The van der Waals surface area contributed by atoms with Gasteiger partial charge in [0.05, 0.1) is 24.7 Å². The van der Waals surface area contributed by atoms with Gasteiger partial charge in [0.25, 0.3) is 0 Å². The number of amides is 1. The zero-order chi connectivity index (χ0) is 9.68. The van der Waals surface area contributed by atoms with Gasteiger partial charge in [-0.15, -0.1) is 0 Å². The number of carbonyl (C=O) groups is 1. The van der Waals surface area contributed by atoms with Gasteiger partial charge >= 0.3 is 6.09 Å². The summed E-state index contributed by atoms with van der Waals surface area (Å²) in [6.45, 7) is 3.56. The number of nitrogens with zero attached hydrogens (tertiary/aromatic N) is 1. The van der Waals surface area contributed by atoms with Crippen LogP contribution in [0.1, 0.15) is 5.69 Å². The van der Waals surface area contributed by atoms with Crippen molar-refractivity contribution in [3.05, 3.63) is 30.6 Å². The molecule has 1 N–H and O–H groups in total. The molecule has 0 aromatic carbocycles. The van der Waals surface area contributed by atoms with Crippen LogP contribution in [0.15, 0.2) is 24.9 Å². The molecule has 4 nitrogen and oxygen atoms in total. The Hall–Kier alpha value is -1.84. The minimum Gasteiger partial charge on any atom is -0.453 e. The lowest BCUT2D eigenvalue weighted by molar-refractivity contribution is 0.187. The average Bonchev–Trinajstić information content (AvgIpc) is 2.19. The fraction of sp³-hybridized carbons (Fsp3) is 0.111. The van der Waals surface area contributed by atoms with Gasteiger partial charge in [-0.3, -0.25) is 10.3 Å². The molecule has 1 aromatic rings. The number of nitrogens with one attached hydrogen (secondary N) is 1. The van der Waals surface area contributed by atoms with E-state index in [4.69, 9.17) is 0 Å². The molecule has 0 saturated carbocycles. The predicted octanol–water partition coefficient (Wildman–Crippen LogP) is 1.90. The molecule has 0 spiro atoms. The highest BCUT2D eigenvalue weighted by Gasteiger charge is 1.99. The second kappa shape index (κ2) is 4.25. The van der Waals surface area contributed by atoms with Crippen molar-refractivity contribution in [3.8, 4) is 0 Å². The lowest BCUT2D eigenvalue weighted by atomic mass is 10.3. The van der Waals surface area contributed by atoms with E-state index in [1.165, 1.54) is 13.3 Å². The molecule has 0 unspecified atom stereocenters. The second-order valence-electron chi connectivity index (χ2n) is 2.29. The van der Waals surface area contributed by atoms with E-state index in [9.17, 15) is 4.79 Å². The molecule has 1 rings (SSSR count). The first kappa shape index (κ1) is 9.25. The Morgan fingerprint density at radius 3 is 2.92 bits per heavy atom. The standard InChI is InChI=1S/C9H10N2O2/c1-3-7-4-5-8(6-10-7)11-9(12)13-2/h3-6H,1H2,2H3,(H,11,12). The highest BCUT2D eigenvalue weighted by atomic mass is 16.5. The summed E-state index contributed by atoms with van der Waals surface area (Å²) < 4.78 is 4.41. The lowest BCUT2D eigenvalue weighted by Gasteiger charge is -2.02. The van der Waals surface area contributed by atoms with Crippen LogP contribution >= 0.6 is 0 Å². The van der Waals surface area contributed by atoms with E-state index >= 15 is 0 Å². The topological polar surface area (TPSA) is 51.2 Å². The van der Waals surface area contributed by atoms with Crippen LogP contribution in [-0.4, -0.2) is 18.2 Å². The van der Waals surface area contributed by atoms with Crippen LogP contribution in [0.25, 0.3) is 6.08 Å². The van der Waals surface area contributed by atoms with E-state index in [0.717, 1.165) is 5.69 Å². The monoisotopic (exact) mass is 178 g/mol. The number of aromatic nitrogens is 1. The fourth-order valence-corrected chi connectivity index (χ4v) is 0.769. The van der Waals surface area contributed by atoms with Gasteiger partial charge in [-0.2, -0.15) is 0 Å². The molecule has 0 saturated heterocycles. The van der Waals surface area contributed by atoms with E-state index in [0.29, 0.717) is 5.69 Å². The van der Waals surface area contributed by atoms with Crippen molar-refractivity contribution in [1.82, 2.24) is 4.98 Å². The Kier molecular flexibility index (Phi) is 3.03. The maximum atomic E-state index is 10.8. The Labute approximate surface area is 76.2 Å². The Morgan fingerprint density at radius 1 is 1.69 bits per heavy atom. The number of hydrogen-bond donors (Lipinski definition) is 1. The van der Waals surface area contributed by atoms with Crippen LogP contribution in [0.4, 0.5) is 10.5 Å². The van der Waals surface area contributed by atoms with Gasteiger partial charge in [-0.25, -0.2) is 4.79 Å². The minimum atomic E-state index is -0.506. The second-order valence-corrected chi connectivity index (χ2v) is 2.29. The normalized spacial score (nSPS) is 9.00. The van der Waals surface area contributed by atoms with Gasteiger partial charge in [-0.1, -0.05) is 6.58 Å². The third-order valence-corrected chi connectivity index (χ3v) is 1.43. The molecule has 0 bridgehead atoms. The highest BCUT2D eigenvalue weighted by molar-refractivity contribution is 5.84. The number of rotatable bonds is 2. The molecular formula is C9H10N2O2. The quantitative estimate of drug-likeness (QED) is 0.752. The van der Waals surface area contributed by atoms with E-state index < -0.39 is 6.09 Å². The molecule has 0 radical (unpaired) electrons. The highest BCUT2D eigenvalue weighted by Crippen LogP contribution is 2.06. The number of pyridine rings is 1. The molecular weight excluding hydrogens is 168 g/mol. The summed E-state index contributed by atoms with van der Waals surface area (Å²) in [5, 5.41) is 2.48. The van der Waals surface area contributed by atoms with Crippen LogP contribution in [0, 0.1) is 0 Å². The molecule has 13 heavy (non-hydrogen) atoms. The first-order valence-corrected chi connectivity index (χ1v) is 3.69. The molecule has 68 valence electrons. The van der Waals surface area contributed by atoms with Gasteiger partial charge in [0, 0.05) is 0 Å². The van der Waals surface area contributed by atoms with Crippen LogP contribution in [0.3, 0.4) is 0 Å². The van der Waals surface area contributed by atoms with E-state index in [1.807, 2.05) is 0 Å². The van der Waals surface area contributed by atoms with Crippen molar-refractivity contribution in [2.75, 3.05) is 12.4 Å². The average molecular weight is 178 g/mol. The van der Waals surface area contributed by atoms with Gasteiger partial charge < -0.3 is 4.74 Å². The van der Waals surface area contributed by atoms with Crippen molar-refractivity contribution in [1.29, 1.82) is 0 Å². The maximum absolute atomic E-state index is 10.8. The van der Waals surface area contributed by atoms with Crippen molar-refractivity contribution in [2.45, 2.75) is 0 Å². The number of hydrogen-bond acceptors (Lipinski definition) is 3. The summed E-state index contributed by atoms with van der Waals surface area (Å²) in [5.41, 5.74) is 1.35. The van der Waals surface area contributed by atoms with Crippen LogP contribution in [-0.2, 0) is 4.74 Å². The fourth-order valence-electron chi connectivity index (χ4n) is 0.769. The largest absolute Gasteiger partial charge is 0.453 e. The first-order chi connectivity index (χ1) is 6.26. The Bertz CT molecular complexity index is 306. The summed E-state index contributed by atoms with van der Waals surface area (Å²) in [6, 6.07) is 3.47.